The number of benzene rings is 1. The van der Waals surface area contributed by atoms with Crippen molar-refractivity contribution in [3.8, 4) is 0 Å². The molecule has 0 amide bonds. The van der Waals surface area contributed by atoms with E-state index in [0.717, 1.165) is 87.6 Å². The number of ether oxygens (including phenoxy) is 2. The molecule has 7 heteroatoms. The van der Waals surface area contributed by atoms with E-state index in [1.54, 1.807) is 12.1 Å². The first kappa shape index (κ1) is 20.6. The molecule has 0 saturated carbocycles. The monoisotopic (exact) mass is 390 g/mol. The summed E-state index contributed by atoms with van der Waals surface area (Å²) in [5, 5.41) is 7.55. The molecule has 1 aliphatic rings. The van der Waals surface area contributed by atoms with Crippen molar-refractivity contribution in [2.24, 2.45) is 4.99 Å². The molecular formula is C21H31FN4O2. The minimum Gasteiger partial charge on any atom is -0.381 e. The molecule has 154 valence electrons. The number of aromatic nitrogens is 1. The van der Waals surface area contributed by atoms with E-state index in [1.165, 1.54) is 6.07 Å². The van der Waals surface area contributed by atoms with Crippen LogP contribution in [0.3, 0.4) is 0 Å². The summed E-state index contributed by atoms with van der Waals surface area (Å²) in [4.78, 5) is 7.81. The van der Waals surface area contributed by atoms with Gasteiger partial charge in [-0.2, -0.15) is 0 Å². The van der Waals surface area contributed by atoms with Crippen molar-refractivity contribution in [1.82, 2.24) is 15.6 Å². The number of fused-ring (bicyclic) bond motifs is 1. The van der Waals surface area contributed by atoms with Crippen LogP contribution in [0.5, 0.6) is 0 Å². The van der Waals surface area contributed by atoms with Crippen LogP contribution in [-0.2, 0) is 15.9 Å². The second kappa shape index (κ2) is 11.0. The van der Waals surface area contributed by atoms with Crippen LogP contribution >= 0.6 is 0 Å². The zero-order chi connectivity index (χ0) is 19.6. The maximum absolute atomic E-state index is 13.5. The maximum Gasteiger partial charge on any atom is 0.191 e. The van der Waals surface area contributed by atoms with Crippen molar-refractivity contribution < 1.29 is 13.9 Å². The SMILES string of the molecule is CCNC(=NCCCOC1CCOCC1)NCCc1c[nH]c2ccc(F)cc12. The minimum atomic E-state index is -0.209. The molecule has 0 unspecified atom stereocenters. The summed E-state index contributed by atoms with van der Waals surface area (Å²) < 4.78 is 24.7. The lowest BCUT2D eigenvalue weighted by molar-refractivity contribution is -0.0318. The number of hydrogen-bond donors (Lipinski definition) is 3. The Kier molecular flexibility index (Phi) is 8.11. The number of hydrogen-bond acceptors (Lipinski definition) is 3. The molecule has 0 atom stereocenters. The van der Waals surface area contributed by atoms with Gasteiger partial charge in [-0.3, -0.25) is 4.99 Å². The molecule has 1 saturated heterocycles. The van der Waals surface area contributed by atoms with Crippen LogP contribution in [0.25, 0.3) is 10.9 Å². The van der Waals surface area contributed by atoms with Crippen molar-refractivity contribution in [2.75, 3.05) is 39.5 Å². The Bertz CT molecular complexity index is 756. The average Bonchev–Trinajstić information content (AvgIpc) is 3.10. The number of aromatic amines is 1. The Morgan fingerprint density at radius 1 is 1.32 bits per heavy atom. The van der Waals surface area contributed by atoms with Gasteiger partial charge in [-0.15, -0.1) is 0 Å². The van der Waals surface area contributed by atoms with Gasteiger partial charge >= 0.3 is 0 Å². The fourth-order valence-electron chi connectivity index (χ4n) is 3.36. The summed E-state index contributed by atoms with van der Waals surface area (Å²) in [6.07, 6.45) is 5.96. The lowest BCUT2D eigenvalue weighted by Gasteiger charge is -2.22. The molecular weight excluding hydrogens is 359 g/mol. The first-order chi connectivity index (χ1) is 13.8. The summed E-state index contributed by atoms with van der Waals surface area (Å²) in [5.41, 5.74) is 2.06. The average molecular weight is 391 g/mol. The van der Waals surface area contributed by atoms with Gasteiger partial charge in [0.25, 0.3) is 0 Å². The number of nitrogens with zero attached hydrogens (tertiary/aromatic N) is 1. The van der Waals surface area contributed by atoms with E-state index in [-0.39, 0.29) is 5.82 Å². The van der Waals surface area contributed by atoms with Crippen molar-refractivity contribution in [2.45, 2.75) is 38.7 Å². The quantitative estimate of drug-likeness (QED) is 0.350. The Hall–Kier alpha value is -2.12. The largest absolute Gasteiger partial charge is 0.381 e. The first-order valence-corrected chi connectivity index (χ1v) is 10.2. The van der Waals surface area contributed by atoms with E-state index >= 15 is 0 Å². The summed E-state index contributed by atoms with van der Waals surface area (Å²) in [6.45, 7) is 6.65. The highest BCUT2D eigenvalue weighted by molar-refractivity contribution is 5.83. The molecule has 1 aromatic heterocycles. The van der Waals surface area contributed by atoms with Crippen LogP contribution in [0.2, 0.25) is 0 Å². The Balaban J connectivity index is 1.40. The maximum atomic E-state index is 13.5. The lowest BCUT2D eigenvalue weighted by atomic mass is 10.1. The van der Waals surface area contributed by atoms with Gasteiger partial charge < -0.3 is 25.1 Å². The van der Waals surface area contributed by atoms with E-state index < -0.39 is 0 Å². The van der Waals surface area contributed by atoms with Crippen molar-refractivity contribution >= 4 is 16.9 Å². The summed E-state index contributed by atoms with van der Waals surface area (Å²) >= 11 is 0. The molecule has 0 bridgehead atoms. The number of nitrogens with one attached hydrogen (secondary N) is 3. The number of aliphatic imine (C=N–C) groups is 1. The van der Waals surface area contributed by atoms with Gasteiger partial charge in [0, 0.05) is 56.6 Å². The third kappa shape index (κ3) is 6.21. The lowest BCUT2D eigenvalue weighted by Crippen LogP contribution is -2.38. The van der Waals surface area contributed by atoms with Crippen LogP contribution in [0.4, 0.5) is 4.39 Å². The number of rotatable bonds is 9. The van der Waals surface area contributed by atoms with Crippen LogP contribution < -0.4 is 10.6 Å². The van der Waals surface area contributed by atoms with Gasteiger partial charge in [0.1, 0.15) is 5.82 Å². The van der Waals surface area contributed by atoms with E-state index in [9.17, 15) is 4.39 Å². The number of H-pyrrole nitrogens is 1. The zero-order valence-electron chi connectivity index (χ0n) is 16.6. The number of guanidine groups is 1. The van der Waals surface area contributed by atoms with E-state index in [2.05, 4.69) is 20.6 Å². The van der Waals surface area contributed by atoms with Crippen LogP contribution in [-0.4, -0.2) is 56.5 Å². The molecule has 0 radical (unpaired) electrons. The van der Waals surface area contributed by atoms with Crippen molar-refractivity contribution in [3.05, 3.63) is 35.8 Å². The molecule has 0 spiro atoms. The fraction of sp³-hybridized carbons (Fsp3) is 0.571. The highest BCUT2D eigenvalue weighted by Gasteiger charge is 2.13. The third-order valence-electron chi connectivity index (χ3n) is 4.85. The molecule has 2 heterocycles. The van der Waals surface area contributed by atoms with Crippen molar-refractivity contribution in [1.29, 1.82) is 0 Å². The topological polar surface area (TPSA) is 70.7 Å². The van der Waals surface area contributed by atoms with E-state index in [4.69, 9.17) is 9.47 Å². The highest BCUT2D eigenvalue weighted by atomic mass is 19.1. The van der Waals surface area contributed by atoms with Gasteiger partial charge in [0.15, 0.2) is 5.96 Å². The third-order valence-corrected chi connectivity index (χ3v) is 4.85. The number of halogens is 1. The predicted molar refractivity (Wildman–Crippen MR) is 110 cm³/mol. The Labute approximate surface area is 165 Å². The van der Waals surface area contributed by atoms with Gasteiger partial charge in [-0.25, -0.2) is 4.39 Å². The standard InChI is InChI=1S/C21H31FN4O2/c1-2-23-21(24-9-3-11-28-18-7-12-27-13-8-18)25-10-6-16-15-26-20-5-4-17(22)14-19(16)20/h4-5,14-15,18,26H,2-3,6-13H2,1H3,(H2,23,24,25). The highest BCUT2D eigenvalue weighted by Crippen LogP contribution is 2.19. The summed E-state index contributed by atoms with van der Waals surface area (Å²) in [7, 11) is 0. The Morgan fingerprint density at radius 3 is 3.00 bits per heavy atom. The predicted octanol–water partition coefficient (Wildman–Crippen LogP) is 2.99. The minimum absolute atomic E-state index is 0.209. The fourth-order valence-corrected chi connectivity index (χ4v) is 3.36. The molecule has 3 rings (SSSR count). The molecule has 6 nitrogen and oxygen atoms in total. The molecule has 1 aliphatic heterocycles. The zero-order valence-corrected chi connectivity index (χ0v) is 16.6. The van der Waals surface area contributed by atoms with Crippen LogP contribution in [0, 0.1) is 5.82 Å². The normalized spacial score (nSPS) is 15.9. The second-order valence-corrected chi connectivity index (χ2v) is 6.98. The van der Waals surface area contributed by atoms with Crippen LogP contribution in [0.15, 0.2) is 29.4 Å². The molecule has 28 heavy (non-hydrogen) atoms. The van der Waals surface area contributed by atoms with E-state index in [1.807, 2.05) is 13.1 Å². The smallest absolute Gasteiger partial charge is 0.191 e. The van der Waals surface area contributed by atoms with Gasteiger partial charge in [-0.1, -0.05) is 0 Å². The summed E-state index contributed by atoms with van der Waals surface area (Å²) in [5.74, 6) is 0.596. The Morgan fingerprint density at radius 2 is 2.18 bits per heavy atom. The molecule has 3 N–H and O–H groups in total. The molecule has 2 aromatic rings. The van der Waals surface area contributed by atoms with Crippen LogP contribution in [0.1, 0.15) is 31.7 Å². The molecule has 1 fully saturated rings. The second-order valence-electron chi connectivity index (χ2n) is 6.98. The molecule has 0 aliphatic carbocycles. The van der Waals surface area contributed by atoms with Gasteiger partial charge in [0.2, 0.25) is 0 Å². The summed E-state index contributed by atoms with van der Waals surface area (Å²) in [6, 6.07) is 4.83. The van der Waals surface area contributed by atoms with Gasteiger partial charge in [-0.05, 0) is 56.4 Å². The first-order valence-electron chi connectivity index (χ1n) is 10.2. The molecule has 1 aromatic carbocycles. The van der Waals surface area contributed by atoms with E-state index in [0.29, 0.717) is 6.10 Å². The van der Waals surface area contributed by atoms with Gasteiger partial charge in [0.05, 0.1) is 6.10 Å². The van der Waals surface area contributed by atoms with Crippen molar-refractivity contribution in [3.63, 3.8) is 0 Å².